The monoisotopic (exact) mass is 263 g/mol. The first kappa shape index (κ1) is 13.4. The molecule has 0 bridgehead atoms. The lowest BCUT2D eigenvalue weighted by molar-refractivity contribution is 0.0659. The third-order valence-electron chi connectivity index (χ3n) is 2.84. The van der Waals surface area contributed by atoms with Gasteiger partial charge >= 0.3 is 5.97 Å². The first-order valence-corrected chi connectivity index (χ1v) is 6.20. The molecule has 2 aromatic rings. The number of furan rings is 1. The van der Waals surface area contributed by atoms with Crippen LogP contribution in [0.25, 0.3) is 0 Å². The summed E-state index contributed by atoms with van der Waals surface area (Å²) in [4.78, 5) is 10.7. The smallest absolute Gasteiger partial charge is 0.371 e. The van der Waals surface area contributed by atoms with Crippen molar-refractivity contribution in [3.63, 3.8) is 0 Å². The fourth-order valence-electron chi connectivity index (χ4n) is 1.79. The van der Waals surface area contributed by atoms with Crippen LogP contribution in [0.5, 0.6) is 0 Å². The topological polar surface area (TPSA) is 80.3 Å². The summed E-state index contributed by atoms with van der Waals surface area (Å²) in [7, 11) is 0. The highest BCUT2D eigenvalue weighted by Crippen LogP contribution is 2.16. The van der Waals surface area contributed by atoms with Gasteiger partial charge in [0.1, 0.15) is 5.76 Å². The highest BCUT2D eigenvalue weighted by atomic mass is 16.4. The third-order valence-corrected chi connectivity index (χ3v) is 2.84. The summed E-state index contributed by atoms with van der Waals surface area (Å²) >= 11 is 0. The van der Waals surface area contributed by atoms with Crippen molar-refractivity contribution >= 4 is 5.97 Å². The van der Waals surface area contributed by atoms with Gasteiger partial charge < -0.3 is 14.8 Å². The summed E-state index contributed by atoms with van der Waals surface area (Å²) in [6.07, 6.45) is 4.62. The van der Waals surface area contributed by atoms with E-state index in [1.807, 2.05) is 23.9 Å². The van der Waals surface area contributed by atoms with Crippen molar-refractivity contribution in [1.82, 2.24) is 15.1 Å². The molecule has 1 atom stereocenters. The molecular formula is C13H17N3O3. The summed E-state index contributed by atoms with van der Waals surface area (Å²) in [6, 6.07) is 5.05. The van der Waals surface area contributed by atoms with E-state index >= 15 is 0 Å². The minimum Gasteiger partial charge on any atom is -0.475 e. The largest absolute Gasteiger partial charge is 0.475 e. The van der Waals surface area contributed by atoms with Crippen molar-refractivity contribution in [3.05, 3.63) is 42.1 Å². The molecule has 6 heteroatoms. The number of carboxylic acids is 1. The second-order valence-electron chi connectivity index (χ2n) is 4.31. The fraction of sp³-hybridized carbons (Fsp3) is 0.385. The van der Waals surface area contributed by atoms with E-state index in [0.29, 0.717) is 5.76 Å². The zero-order valence-electron chi connectivity index (χ0n) is 10.7. The van der Waals surface area contributed by atoms with E-state index in [2.05, 4.69) is 10.4 Å². The molecule has 2 heterocycles. The lowest BCUT2D eigenvalue weighted by Gasteiger charge is -2.11. The Morgan fingerprint density at radius 2 is 2.42 bits per heavy atom. The van der Waals surface area contributed by atoms with Crippen molar-refractivity contribution in [2.45, 2.75) is 25.9 Å². The number of aryl methyl sites for hydroxylation is 1. The van der Waals surface area contributed by atoms with Gasteiger partial charge in [0.15, 0.2) is 0 Å². The van der Waals surface area contributed by atoms with Gasteiger partial charge in [-0.3, -0.25) is 4.68 Å². The van der Waals surface area contributed by atoms with Crippen molar-refractivity contribution in [2.75, 3.05) is 6.54 Å². The number of carbonyl (C=O) groups is 1. The van der Waals surface area contributed by atoms with Crippen LogP contribution in [-0.4, -0.2) is 27.4 Å². The highest BCUT2D eigenvalue weighted by molar-refractivity contribution is 5.84. The molecule has 0 saturated carbocycles. The van der Waals surface area contributed by atoms with Crippen LogP contribution in [0.3, 0.4) is 0 Å². The molecule has 0 amide bonds. The third kappa shape index (κ3) is 3.69. The average molecular weight is 263 g/mol. The second kappa shape index (κ2) is 6.19. The van der Waals surface area contributed by atoms with Crippen LogP contribution >= 0.6 is 0 Å². The van der Waals surface area contributed by atoms with Gasteiger partial charge in [0.05, 0.1) is 6.04 Å². The number of hydrogen-bond acceptors (Lipinski definition) is 4. The lowest BCUT2D eigenvalue weighted by Crippen LogP contribution is -2.20. The molecule has 0 aliphatic rings. The number of aromatic carboxylic acids is 1. The summed E-state index contributed by atoms with van der Waals surface area (Å²) in [5.74, 6) is -0.436. The van der Waals surface area contributed by atoms with E-state index in [1.165, 1.54) is 6.07 Å². The Hall–Kier alpha value is -2.08. The molecule has 0 aliphatic carbocycles. The molecule has 0 saturated heterocycles. The van der Waals surface area contributed by atoms with E-state index < -0.39 is 5.97 Å². The van der Waals surface area contributed by atoms with E-state index in [9.17, 15) is 4.79 Å². The van der Waals surface area contributed by atoms with Crippen LogP contribution in [0.2, 0.25) is 0 Å². The van der Waals surface area contributed by atoms with Crippen LogP contribution in [0, 0.1) is 0 Å². The average Bonchev–Trinajstić information content (AvgIpc) is 3.05. The molecule has 2 rings (SSSR count). The predicted octanol–water partition coefficient (Wildman–Crippen LogP) is 1.92. The maximum atomic E-state index is 10.7. The minimum atomic E-state index is -1.04. The van der Waals surface area contributed by atoms with Gasteiger partial charge in [-0.1, -0.05) is 0 Å². The molecule has 102 valence electrons. The van der Waals surface area contributed by atoms with Crippen LogP contribution in [0.15, 0.2) is 35.0 Å². The van der Waals surface area contributed by atoms with Crippen molar-refractivity contribution in [1.29, 1.82) is 0 Å². The number of hydrogen-bond donors (Lipinski definition) is 2. The highest BCUT2D eigenvalue weighted by Gasteiger charge is 2.13. The van der Waals surface area contributed by atoms with Gasteiger partial charge in [0.25, 0.3) is 0 Å². The number of carboxylic acid groups (broad SMARTS) is 1. The standard InChI is InChI=1S/C13H17N3O3/c1-10(11-4-5-12(19-11)13(17)18)14-6-2-8-16-9-3-7-15-16/h3-5,7,9-10,14H,2,6,8H2,1H3,(H,17,18). The van der Waals surface area contributed by atoms with E-state index in [-0.39, 0.29) is 11.8 Å². The molecular weight excluding hydrogens is 246 g/mol. The summed E-state index contributed by atoms with van der Waals surface area (Å²) in [6.45, 7) is 3.60. The lowest BCUT2D eigenvalue weighted by atomic mass is 10.2. The Kier molecular flexibility index (Phi) is 4.35. The molecule has 0 radical (unpaired) electrons. The maximum Gasteiger partial charge on any atom is 0.371 e. The zero-order valence-corrected chi connectivity index (χ0v) is 10.7. The number of rotatable bonds is 7. The Balaban J connectivity index is 1.74. The Morgan fingerprint density at radius 3 is 3.05 bits per heavy atom. The minimum absolute atomic E-state index is 0.00859. The SMILES string of the molecule is CC(NCCCn1cccn1)c1ccc(C(=O)O)o1. The van der Waals surface area contributed by atoms with Crippen LogP contribution in [-0.2, 0) is 6.54 Å². The first-order valence-electron chi connectivity index (χ1n) is 6.20. The predicted molar refractivity (Wildman–Crippen MR) is 68.9 cm³/mol. The first-order chi connectivity index (χ1) is 9.16. The molecule has 19 heavy (non-hydrogen) atoms. The Morgan fingerprint density at radius 1 is 1.58 bits per heavy atom. The van der Waals surface area contributed by atoms with Crippen molar-refractivity contribution in [3.8, 4) is 0 Å². The van der Waals surface area contributed by atoms with Gasteiger partial charge in [-0.25, -0.2) is 4.79 Å². The molecule has 1 unspecified atom stereocenters. The van der Waals surface area contributed by atoms with Crippen LogP contribution in [0.4, 0.5) is 0 Å². The maximum absolute atomic E-state index is 10.7. The fourth-order valence-corrected chi connectivity index (χ4v) is 1.79. The van der Waals surface area contributed by atoms with E-state index in [4.69, 9.17) is 9.52 Å². The molecule has 6 nitrogen and oxygen atoms in total. The molecule has 2 aromatic heterocycles. The summed E-state index contributed by atoms with van der Waals surface area (Å²) in [5, 5.41) is 16.2. The molecule has 2 N–H and O–H groups in total. The summed E-state index contributed by atoms with van der Waals surface area (Å²) in [5.41, 5.74) is 0. The number of nitrogens with zero attached hydrogens (tertiary/aromatic N) is 2. The van der Waals surface area contributed by atoms with Crippen LogP contribution in [0.1, 0.15) is 35.7 Å². The molecule has 0 spiro atoms. The van der Waals surface area contributed by atoms with E-state index in [1.54, 1.807) is 12.3 Å². The quantitative estimate of drug-likeness (QED) is 0.746. The molecule has 0 fully saturated rings. The van der Waals surface area contributed by atoms with E-state index in [0.717, 1.165) is 19.5 Å². The zero-order chi connectivity index (χ0) is 13.7. The van der Waals surface area contributed by atoms with Gasteiger partial charge in [0, 0.05) is 18.9 Å². The van der Waals surface area contributed by atoms with Gasteiger partial charge in [0.2, 0.25) is 5.76 Å². The normalized spacial score (nSPS) is 12.5. The molecule has 0 aliphatic heterocycles. The second-order valence-corrected chi connectivity index (χ2v) is 4.31. The van der Waals surface area contributed by atoms with Crippen molar-refractivity contribution in [2.24, 2.45) is 0 Å². The Bertz CT molecular complexity index is 519. The van der Waals surface area contributed by atoms with Gasteiger partial charge in [-0.05, 0) is 38.1 Å². The van der Waals surface area contributed by atoms with Crippen LogP contribution < -0.4 is 5.32 Å². The van der Waals surface area contributed by atoms with Gasteiger partial charge in [-0.15, -0.1) is 0 Å². The number of aromatic nitrogens is 2. The number of nitrogens with one attached hydrogen (secondary N) is 1. The van der Waals surface area contributed by atoms with Gasteiger partial charge in [-0.2, -0.15) is 5.10 Å². The Labute approximate surface area is 111 Å². The van der Waals surface area contributed by atoms with Crippen molar-refractivity contribution < 1.29 is 14.3 Å². The molecule has 0 aromatic carbocycles. The summed E-state index contributed by atoms with van der Waals surface area (Å²) < 4.78 is 7.11.